The fourth-order valence-corrected chi connectivity index (χ4v) is 0. The van der Waals surface area contributed by atoms with Gasteiger partial charge in [0.2, 0.25) is 0 Å². The number of rotatable bonds is 1. The van der Waals surface area contributed by atoms with Crippen LogP contribution >= 0.6 is 0 Å². The molecule has 0 N–H and O–H groups in total. The first-order valence-corrected chi connectivity index (χ1v) is 2.14. The molecule has 7 heavy (non-hydrogen) atoms. The van der Waals surface area contributed by atoms with Crippen LogP contribution in [0.4, 0.5) is 8.78 Å². The quantitative estimate of drug-likeness (QED) is 0.535. The van der Waals surface area contributed by atoms with Crippen molar-refractivity contribution < 1.29 is 37.0 Å². The van der Waals surface area contributed by atoms with E-state index in [0.29, 0.717) is 0 Å². The van der Waals surface area contributed by atoms with Gasteiger partial charge in [0.25, 0.3) is 11.1 Å². The van der Waals surface area contributed by atoms with Gasteiger partial charge in [-0.2, -0.15) is 8.78 Å². The first-order valence-electron chi connectivity index (χ1n) is 1.01. The van der Waals surface area contributed by atoms with Gasteiger partial charge in [-0.3, -0.25) is 0 Å². The fraction of sp³-hybridized carbons (Fsp3) is 1.00. The molecule has 1 radical (unpaired) electrons. The third-order valence-corrected chi connectivity index (χ3v) is 0.436. The van der Waals surface area contributed by atoms with Gasteiger partial charge in [0.15, 0.2) is 0 Å². The van der Waals surface area contributed by atoms with Crippen LogP contribution in [-0.2, 0) is 35.1 Å². The molecule has 0 amide bonds. The van der Waals surface area contributed by atoms with E-state index in [1.165, 1.54) is 0 Å². The van der Waals surface area contributed by atoms with Gasteiger partial charge in [-0.1, -0.05) is 0 Å². The van der Waals surface area contributed by atoms with E-state index in [2.05, 4.69) is 0 Å². The van der Waals surface area contributed by atoms with E-state index in [9.17, 15) is 8.78 Å². The molecule has 0 spiro atoms. The Hall–Kier alpha value is 0.593. The summed E-state index contributed by atoms with van der Waals surface area (Å²) in [6.07, 6.45) is 0. The zero-order chi connectivity index (χ0) is 5.15. The second kappa shape index (κ2) is 4.75. The average Bonchev–Trinajstić information content (AvgIpc) is 1.36. The summed E-state index contributed by atoms with van der Waals surface area (Å²) in [5.41, 5.74) is 0. The minimum Gasteiger partial charge on any atom is -0.221 e. The van der Waals surface area contributed by atoms with Gasteiger partial charge in [0.1, 0.15) is 0 Å². The summed E-state index contributed by atoms with van der Waals surface area (Å²) in [7, 11) is 0. The predicted octanol–water partition coefficient (Wildman–Crippen LogP) is 0.301. The molecule has 0 aliphatic heterocycles. The molecule has 0 aromatic rings. The minimum atomic E-state index is -3.23. The third kappa shape index (κ3) is 6.59. The first-order chi connectivity index (χ1) is 2.64. The molecule has 1 atom stereocenters. The smallest absolute Gasteiger partial charge is 0.221 e. The van der Waals surface area contributed by atoms with Crippen molar-refractivity contribution in [2.75, 3.05) is 0 Å². The maximum absolute atomic E-state index is 10.5. The molecule has 2 nitrogen and oxygen atoms in total. The molecule has 0 saturated carbocycles. The zero-order valence-electron chi connectivity index (χ0n) is 3.27. The molecule has 0 heterocycles. The summed E-state index contributed by atoms with van der Waals surface area (Å²) in [4.78, 5) is 0. The zero-order valence-corrected chi connectivity index (χ0v) is 7.05. The van der Waals surface area contributed by atoms with E-state index >= 15 is 0 Å². The number of halogens is 2. The topological polar surface area (TPSA) is 37.0 Å². The van der Waals surface area contributed by atoms with E-state index in [-0.39, 0.29) is 19.5 Å². The normalized spacial score (nSPS) is 13.1. The molecule has 0 aromatic heterocycles. The Balaban J connectivity index is 0. The number of hydrogen-bond donors (Lipinski definition) is 0. The van der Waals surface area contributed by atoms with Crippen LogP contribution in [0, 0.1) is 0 Å². The molecule has 39 valence electrons. The van der Waals surface area contributed by atoms with E-state index in [1.54, 1.807) is 0 Å². The summed E-state index contributed by atoms with van der Waals surface area (Å²) in [6.45, 7) is 0. The predicted molar refractivity (Wildman–Crippen MR) is 14.8 cm³/mol. The summed E-state index contributed by atoms with van der Waals surface area (Å²) in [5, 5.41) is 0. The molecule has 0 bridgehead atoms. The summed E-state index contributed by atoms with van der Waals surface area (Å²) in [5.74, 6) is -3.23. The average molecular weight is 180 g/mol. The van der Waals surface area contributed by atoms with Crippen molar-refractivity contribution in [2.45, 2.75) is 5.76 Å². The second-order valence-corrected chi connectivity index (χ2v) is 1.40. The van der Waals surface area contributed by atoms with Gasteiger partial charge in [0, 0.05) is 19.5 Å². The van der Waals surface area contributed by atoms with E-state index < -0.39 is 16.8 Å². The number of hydrogen-bond acceptors (Lipinski definition) is 1. The molecule has 0 aromatic carbocycles. The summed E-state index contributed by atoms with van der Waals surface area (Å²) >= 11 is -3.20. The summed E-state index contributed by atoms with van der Waals surface area (Å²) in [6, 6.07) is 0. The molecular weight excluding hydrogens is 179 g/mol. The van der Waals surface area contributed by atoms with Crippen LogP contribution in [0.5, 0.6) is 0 Å². The standard InChI is InChI=1S/CHF2O2S.Zn/c2-1(3)6(4)5;/h1H;. The van der Waals surface area contributed by atoms with Gasteiger partial charge in [0.05, 0.1) is 0 Å². The van der Waals surface area contributed by atoms with E-state index in [0.717, 1.165) is 0 Å². The van der Waals surface area contributed by atoms with Crippen LogP contribution in [0.2, 0.25) is 0 Å². The van der Waals surface area contributed by atoms with Crippen molar-refractivity contribution in [2.24, 2.45) is 0 Å². The minimum absolute atomic E-state index is 0. The van der Waals surface area contributed by atoms with Gasteiger partial charge in [-0.05, 0) is 0 Å². The Morgan fingerprint density at radius 1 is 1.43 bits per heavy atom. The third-order valence-electron chi connectivity index (χ3n) is 0.145. The van der Waals surface area contributed by atoms with Crippen LogP contribution in [0.25, 0.3) is 0 Å². The van der Waals surface area contributed by atoms with Crippen molar-refractivity contribution in [3.05, 3.63) is 0 Å². The maximum atomic E-state index is 10.5. The van der Waals surface area contributed by atoms with Crippen LogP contribution in [0.1, 0.15) is 0 Å². The van der Waals surface area contributed by atoms with Gasteiger partial charge in [-0.15, -0.1) is 4.55 Å². The van der Waals surface area contributed by atoms with Crippen LogP contribution in [-0.4, -0.2) is 9.97 Å². The molecule has 0 rings (SSSR count). The van der Waals surface area contributed by atoms with Gasteiger partial charge < -0.3 is 0 Å². The van der Waals surface area contributed by atoms with Crippen molar-refractivity contribution >= 4 is 11.1 Å². The molecule has 6 heteroatoms. The van der Waals surface area contributed by atoms with E-state index in [4.69, 9.17) is 8.76 Å². The van der Waals surface area contributed by atoms with Crippen molar-refractivity contribution in [1.82, 2.24) is 0 Å². The molecule has 0 saturated heterocycles. The largest absolute Gasteiger partial charge is 0.339 e. The summed E-state index contributed by atoms with van der Waals surface area (Å²) < 4.78 is 39.0. The monoisotopic (exact) mass is 179 g/mol. The SMILES string of the molecule is [O]S(=O)C(F)F.[Zn]. The number of alkyl halides is 2. The molecular formula is CHF2O2SZn. The molecule has 0 aliphatic rings. The van der Waals surface area contributed by atoms with E-state index in [1.807, 2.05) is 0 Å². The van der Waals surface area contributed by atoms with Crippen molar-refractivity contribution in [3.63, 3.8) is 0 Å². The maximum Gasteiger partial charge on any atom is 0.339 e. The van der Waals surface area contributed by atoms with Crippen LogP contribution in [0.3, 0.4) is 0 Å². The van der Waals surface area contributed by atoms with Gasteiger partial charge in [-0.25, -0.2) is 4.21 Å². The van der Waals surface area contributed by atoms with Crippen molar-refractivity contribution in [1.29, 1.82) is 0 Å². The van der Waals surface area contributed by atoms with Crippen LogP contribution in [0.15, 0.2) is 0 Å². The van der Waals surface area contributed by atoms with Crippen molar-refractivity contribution in [3.8, 4) is 0 Å². The Kier molecular flexibility index (Phi) is 7.15. The fourth-order valence-electron chi connectivity index (χ4n) is 0. The Bertz CT molecular complexity index is 66.7. The second-order valence-electron chi connectivity index (χ2n) is 0.521. The Morgan fingerprint density at radius 3 is 1.57 bits per heavy atom. The molecule has 0 fully saturated rings. The Morgan fingerprint density at radius 2 is 1.57 bits per heavy atom. The molecule has 1 unspecified atom stereocenters. The van der Waals surface area contributed by atoms with Crippen LogP contribution < -0.4 is 0 Å². The Labute approximate surface area is 54.3 Å². The molecule has 0 aliphatic carbocycles. The first kappa shape index (κ1) is 10.6. The van der Waals surface area contributed by atoms with Gasteiger partial charge >= 0.3 is 5.76 Å².